The van der Waals surface area contributed by atoms with Crippen molar-refractivity contribution >= 4 is 18.3 Å². The molecule has 0 radical (unpaired) electrons. The van der Waals surface area contributed by atoms with Crippen LogP contribution in [0.15, 0.2) is 0 Å². The van der Waals surface area contributed by atoms with Gasteiger partial charge in [0.2, 0.25) is 0 Å². The van der Waals surface area contributed by atoms with Crippen LogP contribution < -0.4 is 16.6 Å². The number of carbonyl (C=O) groups excluding carboxylic acids is 1. The van der Waals surface area contributed by atoms with Gasteiger partial charge in [-0.15, -0.1) is 12.4 Å². The number of halogens is 1. The van der Waals surface area contributed by atoms with E-state index < -0.39 is 11.9 Å². The van der Waals surface area contributed by atoms with Crippen molar-refractivity contribution in [2.45, 2.75) is 25.9 Å². The predicted octanol–water partition coefficient (Wildman–Crippen LogP) is -1.24. The van der Waals surface area contributed by atoms with Crippen molar-refractivity contribution in [3.8, 4) is 0 Å². The highest BCUT2D eigenvalue weighted by atomic mass is 35.5. The van der Waals surface area contributed by atoms with Gasteiger partial charge in [-0.25, -0.2) is 5.43 Å². The summed E-state index contributed by atoms with van der Waals surface area (Å²) >= 11 is 0. The summed E-state index contributed by atoms with van der Waals surface area (Å²) < 4.78 is 0. The molecule has 0 saturated heterocycles. The Balaban J connectivity index is 0. The summed E-state index contributed by atoms with van der Waals surface area (Å²) in [5.74, 6) is -0.402. The van der Waals surface area contributed by atoms with Gasteiger partial charge in [-0.1, -0.05) is 0 Å². The number of aliphatic hydroxyl groups excluding tert-OH is 1. The van der Waals surface area contributed by atoms with Crippen molar-refractivity contribution < 1.29 is 9.90 Å². The normalized spacial score (nSPS) is 12.1. The largest absolute Gasteiger partial charge is 0.394 e. The number of rotatable bonds is 4. The van der Waals surface area contributed by atoms with Gasteiger partial charge >= 0.3 is 0 Å². The Labute approximate surface area is 78.1 Å². The minimum Gasteiger partial charge on any atom is -0.394 e. The quantitative estimate of drug-likeness (QED) is 0.425. The summed E-state index contributed by atoms with van der Waals surface area (Å²) in [6.07, 6.45) is 0. The van der Waals surface area contributed by atoms with E-state index in [1.807, 2.05) is 13.8 Å². The van der Waals surface area contributed by atoms with E-state index in [-0.39, 0.29) is 25.1 Å². The smallest absolute Gasteiger partial charge is 0.253 e. The number of amides is 1. The molecule has 0 aliphatic rings. The molecule has 74 valence electrons. The first kappa shape index (κ1) is 14.2. The minimum absolute atomic E-state index is 0. The van der Waals surface area contributed by atoms with Crippen LogP contribution >= 0.6 is 12.4 Å². The van der Waals surface area contributed by atoms with Crippen molar-refractivity contribution in [3.63, 3.8) is 0 Å². The van der Waals surface area contributed by atoms with Gasteiger partial charge < -0.3 is 10.8 Å². The van der Waals surface area contributed by atoms with Gasteiger partial charge in [-0.05, 0) is 13.8 Å². The highest BCUT2D eigenvalue weighted by Crippen LogP contribution is 1.76. The molecule has 12 heavy (non-hydrogen) atoms. The van der Waals surface area contributed by atoms with Gasteiger partial charge in [0, 0.05) is 6.04 Å². The fourth-order valence-corrected chi connectivity index (χ4v) is 0.391. The minimum atomic E-state index is -0.846. The fraction of sp³-hybridized carbons (Fsp3) is 0.833. The topological polar surface area (TPSA) is 87.4 Å². The number of carbonyl (C=O) groups is 1. The van der Waals surface area contributed by atoms with Crippen LogP contribution in [0.5, 0.6) is 0 Å². The molecule has 1 atom stereocenters. The average molecular weight is 198 g/mol. The van der Waals surface area contributed by atoms with Gasteiger partial charge in [0.15, 0.2) is 0 Å². The average Bonchev–Trinajstić information content (AvgIpc) is 1.98. The van der Waals surface area contributed by atoms with Crippen molar-refractivity contribution in [3.05, 3.63) is 0 Å². The van der Waals surface area contributed by atoms with Crippen molar-refractivity contribution in [1.29, 1.82) is 0 Å². The summed E-state index contributed by atoms with van der Waals surface area (Å²) in [4.78, 5) is 10.8. The standard InChI is InChI=1S/C6H15N3O2.ClH/c1-4(2)8-9-6(11)5(7)3-10;/h4-5,8,10H,3,7H2,1-2H3,(H,9,11);1H/t5-;/m0./s1. The number of hydrazine groups is 1. The van der Waals surface area contributed by atoms with Crippen LogP contribution in [-0.2, 0) is 4.79 Å². The number of nitrogens with two attached hydrogens (primary N) is 1. The molecule has 0 aromatic carbocycles. The zero-order valence-electron chi connectivity index (χ0n) is 7.20. The van der Waals surface area contributed by atoms with Gasteiger partial charge in [0.05, 0.1) is 6.61 Å². The Morgan fingerprint density at radius 1 is 1.58 bits per heavy atom. The first-order chi connectivity index (χ1) is 5.07. The van der Waals surface area contributed by atoms with Crippen LogP contribution in [0.2, 0.25) is 0 Å². The van der Waals surface area contributed by atoms with Crippen LogP contribution in [-0.4, -0.2) is 29.7 Å². The maximum atomic E-state index is 10.8. The lowest BCUT2D eigenvalue weighted by molar-refractivity contribution is -0.124. The van der Waals surface area contributed by atoms with E-state index in [9.17, 15) is 4.79 Å². The van der Waals surface area contributed by atoms with E-state index in [1.165, 1.54) is 0 Å². The van der Waals surface area contributed by atoms with Crippen molar-refractivity contribution in [2.75, 3.05) is 6.61 Å². The van der Waals surface area contributed by atoms with E-state index in [4.69, 9.17) is 10.8 Å². The summed E-state index contributed by atoms with van der Waals surface area (Å²) in [6.45, 7) is 3.42. The molecule has 1 amide bonds. The molecule has 0 aromatic rings. The van der Waals surface area contributed by atoms with Crippen molar-refractivity contribution in [1.82, 2.24) is 10.9 Å². The van der Waals surface area contributed by atoms with Gasteiger partial charge in [0.25, 0.3) is 5.91 Å². The van der Waals surface area contributed by atoms with E-state index in [2.05, 4.69) is 10.9 Å². The molecule has 0 aromatic heterocycles. The van der Waals surface area contributed by atoms with E-state index in [1.54, 1.807) is 0 Å². The molecule has 0 aliphatic carbocycles. The first-order valence-electron chi connectivity index (χ1n) is 3.49. The van der Waals surface area contributed by atoms with Crippen LogP contribution in [0.25, 0.3) is 0 Å². The van der Waals surface area contributed by atoms with Gasteiger partial charge in [-0.3, -0.25) is 10.2 Å². The second-order valence-corrected chi connectivity index (χ2v) is 2.58. The SMILES string of the molecule is CC(C)NNC(=O)[C@@H](N)CO.Cl. The third-order valence-corrected chi connectivity index (χ3v) is 1.02. The molecule has 0 aliphatic heterocycles. The highest BCUT2D eigenvalue weighted by Gasteiger charge is 2.10. The van der Waals surface area contributed by atoms with E-state index in [0.717, 1.165) is 0 Å². The lowest BCUT2D eigenvalue weighted by Gasteiger charge is -2.12. The second kappa shape index (κ2) is 7.30. The Morgan fingerprint density at radius 3 is 2.42 bits per heavy atom. The molecule has 5 N–H and O–H groups in total. The Kier molecular flexibility index (Phi) is 8.62. The zero-order valence-corrected chi connectivity index (χ0v) is 8.02. The maximum Gasteiger partial charge on any atom is 0.253 e. The predicted molar refractivity (Wildman–Crippen MR) is 48.7 cm³/mol. The summed E-state index contributed by atoms with van der Waals surface area (Å²) in [7, 11) is 0. The van der Waals surface area contributed by atoms with Gasteiger partial charge in [-0.2, -0.15) is 0 Å². The molecule has 0 spiro atoms. The second-order valence-electron chi connectivity index (χ2n) is 2.58. The van der Waals surface area contributed by atoms with Crippen LogP contribution in [0.3, 0.4) is 0 Å². The monoisotopic (exact) mass is 197 g/mol. The summed E-state index contributed by atoms with van der Waals surface area (Å²) in [6, 6.07) is -0.689. The summed E-state index contributed by atoms with van der Waals surface area (Å²) in [5, 5.41) is 8.46. The third-order valence-electron chi connectivity index (χ3n) is 1.02. The Hall–Kier alpha value is -0.360. The van der Waals surface area contributed by atoms with Crippen LogP contribution in [0.1, 0.15) is 13.8 Å². The van der Waals surface area contributed by atoms with Gasteiger partial charge in [0.1, 0.15) is 6.04 Å². The molecule has 0 fully saturated rings. The third kappa shape index (κ3) is 6.36. The molecule has 0 rings (SSSR count). The molecule has 6 heteroatoms. The Morgan fingerprint density at radius 2 is 2.08 bits per heavy atom. The molecular weight excluding hydrogens is 182 g/mol. The molecule has 0 unspecified atom stereocenters. The lowest BCUT2D eigenvalue weighted by atomic mass is 10.3. The van der Waals surface area contributed by atoms with E-state index in [0.29, 0.717) is 0 Å². The van der Waals surface area contributed by atoms with Crippen LogP contribution in [0, 0.1) is 0 Å². The van der Waals surface area contributed by atoms with Crippen molar-refractivity contribution in [2.24, 2.45) is 5.73 Å². The molecule has 0 heterocycles. The van der Waals surface area contributed by atoms with Crippen LogP contribution in [0.4, 0.5) is 0 Å². The van der Waals surface area contributed by atoms with E-state index >= 15 is 0 Å². The first-order valence-corrected chi connectivity index (χ1v) is 3.49. The lowest BCUT2D eigenvalue weighted by Crippen LogP contribution is -2.50. The molecular formula is C6H16ClN3O2. The maximum absolute atomic E-state index is 10.8. The number of hydrogen-bond donors (Lipinski definition) is 4. The highest BCUT2D eigenvalue weighted by molar-refractivity contribution is 5.85. The summed E-state index contributed by atoms with van der Waals surface area (Å²) in [5.41, 5.74) is 10.2. The zero-order chi connectivity index (χ0) is 8.85. The number of aliphatic hydroxyl groups is 1. The molecule has 0 saturated carbocycles. The molecule has 5 nitrogen and oxygen atoms in total. The number of nitrogens with one attached hydrogen (secondary N) is 2. The fourth-order valence-electron chi connectivity index (χ4n) is 0.391. The molecule has 0 bridgehead atoms. The Bertz CT molecular complexity index is 132. The number of hydrogen-bond acceptors (Lipinski definition) is 4.